The number of rotatable bonds is 6. The number of ether oxygens (including phenoxy) is 2. The summed E-state index contributed by atoms with van der Waals surface area (Å²) in [5, 5.41) is 5.72. The SMILES string of the molecule is COC(=O)c1ccc(NCCNC(=O)OC(C)(C)C)c(N2C(=O)c3ccccc3C2=O)c1. The van der Waals surface area contributed by atoms with Crippen molar-refractivity contribution in [3.05, 3.63) is 59.2 Å². The summed E-state index contributed by atoms with van der Waals surface area (Å²) < 4.78 is 9.95. The second-order valence-electron chi connectivity index (χ2n) is 8.07. The van der Waals surface area contributed by atoms with Crippen LogP contribution in [0.1, 0.15) is 51.8 Å². The molecule has 0 aromatic heterocycles. The van der Waals surface area contributed by atoms with Crippen molar-refractivity contribution < 1.29 is 28.7 Å². The van der Waals surface area contributed by atoms with Crippen LogP contribution in [0.3, 0.4) is 0 Å². The van der Waals surface area contributed by atoms with Crippen LogP contribution in [0.4, 0.5) is 16.2 Å². The van der Waals surface area contributed by atoms with E-state index < -0.39 is 29.5 Å². The van der Waals surface area contributed by atoms with Gasteiger partial charge in [-0.3, -0.25) is 9.59 Å². The van der Waals surface area contributed by atoms with E-state index in [1.54, 1.807) is 51.1 Å². The first kappa shape index (κ1) is 22.8. The average Bonchev–Trinajstić information content (AvgIpc) is 3.00. The first-order valence-electron chi connectivity index (χ1n) is 10.0. The van der Waals surface area contributed by atoms with Crippen molar-refractivity contribution in [2.45, 2.75) is 26.4 Å². The fourth-order valence-corrected chi connectivity index (χ4v) is 3.19. The molecular weight excluding hydrogens is 414 g/mol. The van der Waals surface area contributed by atoms with Gasteiger partial charge in [-0.15, -0.1) is 0 Å². The minimum Gasteiger partial charge on any atom is -0.465 e. The number of nitrogens with zero attached hydrogens (tertiary/aromatic N) is 1. The van der Waals surface area contributed by atoms with Crippen LogP contribution in [-0.2, 0) is 9.47 Å². The molecule has 1 heterocycles. The van der Waals surface area contributed by atoms with Crippen LogP contribution in [0.5, 0.6) is 0 Å². The monoisotopic (exact) mass is 439 g/mol. The molecule has 2 N–H and O–H groups in total. The highest BCUT2D eigenvalue weighted by Crippen LogP contribution is 2.34. The van der Waals surface area contributed by atoms with Crippen LogP contribution in [0.2, 0.25) is 0 Å². The van der Waals surface area contributed by atoms with Gasteiger partial charge < -0.3 is 20.1 Å². The number of fused-ring (bicyclic) bond motifs is 1. The summed E-state index contributed by atoms with van der Waals surface area (Å²) in [5.41, 5.74) is 0.822. The molecule has 0 saturated carbocycles. The van der Waals surface area contributed by atoms with Gasteiger partial charge in [0.1, 0.15) is 5.60 Å². The fourth-order valence-electron chi connectivity index (χ4n) is 3.19. The van der Waals surface area contributed by atoms with Crippen LogP contribution in [0.25, 0.3) is 0 Å². The Morgan fingerprint density at radius 1 is 0.969 bits per heavy atom. The lowest BCUT2D eigenvalue weighted by Crippen LogP contribution is -2.35. The molecule has 0 atom stereocenters. The van der Waals surface area contributed by atoms with Crippen LogP contribution < -0.4 is 15.5 Å². The molecule has 2 aromatic carbocycles. The zero-order chi connectivity index (χ0) is 23.5. The Bertz CT molecular complexity index is 1040. The predicted octanol–water partition coefficient (Wildman–Crippen LogP) is 3.21. The van der Waals surface area contributed by atoms with Gasteiger partial charge in [-0.2, -0.15) is 0 Å². The van der Waals surface area contributed by atoms with Crippen LogP contribution >= 0.6 is 0 Å². The Balaban J connectivity index is 1.82. The Morgan fingerprint density at radius 3 is 2.16 bits per heavy atom. The zero-order valence-corrected chi connectivity index (χ0v) is 18.4. The molecule has 3 rings (SSSR count). The highest BCUT2D eigenvalue weighted by molar-refractivity contribution is 6.35. The molecule has 32 heavy (non-hydrogen) atoms. The van der Waals surface area contributed by atoms with Gasteiger partial charge in [-0.25, -0.2) is 14.5 Å². The first-order valence-corrected chi connectivity index (χ1v) is 10.0. The molecule has 0 bridgehead atoms. The number of esters is 1. The second kappa shape index (κ2) is 9.09. The summed E-state index contributed by atoms with van der Waals surface area (Å²) in [4.78, 5) is 50.8. The summed E-state index contributed by atoms with van der Waals surface area (Å²) in [6, 6.07) is 11.1. The molecule has 2 aromatic rings. The molecule has 0 saturated heterocycles. The Hall–Kier alpha value is -3.88. The van der Waals surface area contributed by atoms with Crippen LogP contribution in [0, 0.1) is 0 Å². The predicted molar refractivity (Wildman–Crippen MR) is 118 cm³/mol. The molecule has 0 unspecified atom stereocenters. The fraction of sp³-hybridized carbons (Fsp3) is 0.304. The van der Waals surface area contributed by atoms with Crippen molar-refractivity contribution in [3.63, 3.8) is 0 Å². The molecular formula is C23H25N3O6. The van der Waals surface area contributed by atoms with E-state index in [2.05, 4.69) is 10.6 Å². The van der Waals surface area contributed by atoms with Crippen molar-refractivity contribution in [1.29, 1.82) is 0 Å². The third-order valence-corrected chi connectivity index (χ3v) is 4.56. The maximum absolute atomic E-state index is 13.0. The number of methoxy groups -OCH3 is 1. The third-order valence-electron chi connectivity index (χ3n) is 4.56. The largest absolute Gasteiger partial charge is 0.465 e. The zero-order valence-electron chi connectivity index (χ0n) is 18.4. The lowest BCUT2D eigenvalue weighted by molar-refractivity contribution is 0.0528. The molecule has 9 nitrogen and oxygen atoms in total. The van der Waals surface area contributed by atoms with Crippen LogP contribution in [0.15, 0.2) is 42.5 Å². The highest BCUT2D eigenvalue weighted by atomic mass is 16.6. The molecule has 0 aliphatic carbocycles. The van der Waals surface area contributed by atoms with E-state index in [0.717, 1.165) is 4.90 Å². The van der Waals surface area contributed by atoms with Gasteiger partial charge in [0.25, 0.3) is 11.8 Å². The van der Waals surface area contributed by atoms with E-state index in [1.165, 1.54) is 19.2 Å². The lowest BCUT2D eigenvalue weighted by atomic mass is 10.1. The number of hydrogen-bond acceptors (Lipinski definition) is 7. The molecule has 0 spiro atoms. The van der Waals surface area contributed by atoms with Gasteiger partial charge in [0, 0.05) is 13.1 Å². The number of hydrogen-bond donors (Lipinski definition) is 2. The average molecular weight is 439 g/mol. The third kappa shape index (κ3) is 4.88. The normalized spacial score (nSPS) is 12.9. The number of alkyl carbamates (subject to hydrolysis) is 1. The quantitative estimate of drug-likeness (QED) is 0.404. The van der Waals surface area contributed by atoms with E-state index in [-0.39, 0.29) is 24.3 Å². The summed E-state index contributed by atoms with van der Waals surface area (Å²) >= 11 is 0. The topological polar surface area (TPSA) is 114 Å². The van der Waals surface area contributed by atoms with E-state index in [0.29, 0.717) is 16.8 Å². The number of imide groups is 1. The summed E-state index contributed by atoms with van der Waals surface area (Å²) in [7, 11) is 1.25. The van der Waals surface area contributed by atoms with E-state index in [9.17, 15) is 19.2 Å². The summed E-state index contributed by atoms with van der Waals surface area (Å²) in [5.74, 6) is -1.56. The van der Waals surface area contributed by atoms with Gasteiger partial charge in [0.15, 0.2) is 0 Å². The van der Waals surface area contributed by atoms with Crippen molar-refractivity contribution in [3.8, 4) is 0 Å². The van der Waals surface area contributed by atoms with Crippen molar-refractivity contribution in [2.24, 2.45) is 0 Å². The maximum atomic E-state index is 13.0. The molecule has 9 heteroatoms. The number of nitrogens with one attached hydrogen (secondary N) is 2. The molecule has 168 valence electrons. The number of anilines is 2. The van der Waals surface area contributed by atoms with E-state index >= 15 is 0 Å². The molecule has 0 radical (unpaired) electrons. The minimum absolute atomic E-state index is 0.191. The highest BCUT2D eigenvalue weighted by Gasteiger charge is 2.37. The summed E-state index contributed by atoms with van der Waals surface area (Å²) in [6.07, 6.45) is -0.555. The number of benzene rings is 2. The van der Waals surface area contributed by atoms with Gasteiger partial charge in [-0.05, 0) is 51.1 Å². The Labute approximate surface area is 185 Å². The second-order valence-corrected chi connectivity index (χ2v) is 8.07. The first-order chi connectivity index (χ1) is 15.1. The Kier molecular flexibility index (Phi) is 6.47. The van der Waals surface area contributed by atoms with Crippen molar-refractivity contribution in [2.75, 3.05) is 30.4 Å². The van der Waals surface area contributed by atoms with E-state index in [1.807, 2.05) is 0 Å². The standard InChI is InChI=1S/C23H25N3O6/c1-23(2,3)32-22(30)25-12-11-24-17-10-9-14(21(29)31-4)13-18(17)26-19(27)15-7-5-6-8-16(15)20(26)28/h5-10,13,24H,11-12H2,1-4H3,(H,25,30). The number of carbonyl (C=O) groups is 4. The van der Waals surface area contributed by atoms with Gasteiger partial charge in [-0.1, -0.05) is 12.1 Å². The maximum Gasteiger partial charge on any atom is 0.407 e. The molecule has 1 aliphatic heterocycles. The number of amides is 3. The minimum atomic E-state index is -0.611. The smallest absolute Gasteiger partial charge is 0.407 e. The molecule has 3 amide bonds. The van der Waals surface area contributed by atoms with E-state index in [4.69, 9.17) is 9.47 Å². The van der Waals surface area contributed by atoms with Crippen LogP contribution in [-0.4, -0.2) is 49.7 Å². The van der Waals surface area contributed by atoms with Gasteiger partial charge in [0.2, 0.25) is 0 Å². The van der Waals surface area contributed by atoms with Crippen molar-refractivity contribution >= 4 is 35.3 Å². The van der Waals surface area contributed by atoms with Gasteiger partial charge in [0.05, 0.1) is 35.2 Å². The molecule has 0 fully saturated rings. The van der Waals surface area contributed by atoms with Crippen molar-refractivity contribution in [1.82, 2.24) is 5.32 Å². The lowest BCUT2D eigenvalue weighted by Gasteiger charge is -2.21. The Morgan fingerprint density at radius 2 is 1.59 bits per heavy atom. The van der Waals surface area contributed by atoms with Gasteiger partial charge >= 0.3 is 12.1 Å². The summed E-state index contributed by atoms with van der Waals surface area (Å²) in [6.45, 7) is 5.81. The molecule has 1 aliphatic rings. The number of carbonyl (C=O) groups excluding carboxylic acids is 4.